The van der Waals surface area contributed by atoms with Crippen LogP contribution in [0.15, 0.2) is 40.8 Å². The molecule has 0 fully saturated rings. The summed E-state index contributed by atoms with van der Waals surface area (Å²) in [4.78, 5) is 10.7. The summed E-state index contributed by atoms with van der Waals surface area (Å²) < 4.78 is 10.8. The van der Waals surface area contributed by atoms with Gasteiger partial charge in [0.1, 0.15) is 18.1 Å². The molecule has 1 N–H and O–H groups in total. The molecule has 0 spiro atoms. The number of carbonyl (C=O) groups is 1. The first kappa shape index (κ1) is 16.1. The first-order valence-corrected chi connectivity index (χ1v) is 7.48. The van der Waals surface area contributed by atoms with Crippen molar-refractivity contribution in [3.8, 4) is 5.75 Å². The number of furan rings is 1. The van der Waals surface area contributed by atoms with Gasteiger partial charge in [-0.2, -0.15) is 0 Å². The fourth-order valence-corrected chi connectivity index (χ4v) is 2.50. The zero-order valence-electron chi connectivity index (χ0n) is 13.3. The SMILES string of the molecule is CCCC(C)(C)c1ccc(OCc2ccc(C(=O)O)o2)cc1. The Bertz CT molecular complexity index is 623. The summed E-state index contributed by atoms with van der Waals surface area (Å²) in [6.45, 7) is 6.88. The normalized spacial score (nSPS) is 11.4. The minimum atomic E-state index is -1.08. The maximum absolute atomic E-state index is 10.7. The van der Waals surface area contributed by atoms with Crippen molar-refractivity contribution in [3.63, 3.8) is 0 Å². The van der Waals surface area contributed by atoms with Gasteiger partial charge in [0.2, 0.25) is 5.76 Å². The number of hydrogen-bond acceptors (Lipinski definition) is 3. The molecule has 0 aliphatic carbocycles. The second kappa shape index (κ2) is 6.69. The number of ether oxygens (including phenoxy) is 1. The van der Waals surface area contributed by atoms with E-state index in [9.17, 15) is 4.79 Å². The van der Waals surface area contributed by atoms with Gasteiger partial charge in [-0.15, -0.1) is 0 Å². The van der Waals surface area contributed by atoms with Crippen LogP contribution in [-0.2, 0) is 12.0 Å². The average molecular weight is 302 g/mol. The van der Waals surface area contributed by atoms with Gasteiger partial charge in [0, 0.05) is 0 Å². The van der Waals surface area contributed by atoms with Crippen LogP contribution in [0.5, 0.6) is 5.75 Å². The van der Waals surface area contributed by atoms with Gasteiger partial charge in [0.15, 0.2) is 0 Å². The fourth-order valence-electron chi connectivity index (χ4n) is 2.50. The minimum Gasteiger partial charge on any atom is -0.486 e. The van der Waals surface area contributed by atoms with Crippen LogP contribution in [0.2, 0.25) is 0 Å². The highest BCUT2D eigenvalue weighted by molar-refractivity contribution is 5.84. The summed E-state index contributed by atoms with van der Waals surface area (Å²) in [6.07, 6.45) is 2.28. The van der Waals surface area contributed by atoms with E-state index in [1.54, 1.807) is 6.07 Å². The lowest BCUT2D eigenvalue weighted by Crippen LogP contribution is -2.16. The number of benzene rings is 1. The third kappa shape index (κ3) is 3.91. The zero-order chi connectivity index (χ0) is 16.2. The summed E-state index contributed by atoms with van der Waals surface area (Å²) in [5.41, 5.74) is 1.44. The molecule has 0 bridgehead atoms. The van der Waals surface area contributed by atoms with Crippen LogP contribution in [0.1, 0.15) is 55.5 Å². The molecule has 0 amide bonds. The lowest BCUT2D eigenvalue weighted by molar-refractivity contribution is 0.0658. The summed E-state index contributed by atoms with van der Waals surface area (Å²) >= 11 is 0. The maximum atomic E-state index is 10.7. The van der Waals surface area contributed by atoms with Gasteiger partial charge in [-0.05, 0) is 41.7 Å². The third-order valence-corrected chi connectivity index (χ3v) is 3.76. The molecular weight excluding hydrogens is 280 g/mol. The number of hydrogen-bond donors (Lipinski definition) is 1. The Hall–Kier alpha value is -2.23. The van der Waals surface area contributed by atoms with Crippen molar-refractivity contribution in [1.29, 1.82) is 0 Å². The third-order valence-electron chi connectivity index (χ3n) is 3.76. The molecule has 1 aromatic heterocycles. The Kier molecular flexibility index (Phi) is 4.91. The Morgan fingerprint density at radius 3 is 2.41 bits per heavy atom. The Morgan fingerprint density at radius 1 is 1.18 bits per heavy atom. The minimum absolute atomic E-state index is 0.0738. The summed E-state index contributed by atoms with van der Waals surface area (Å²) in [5.74, 6) is 0.0844. The average Bonchev–Trinajstić information content (AvgIpc) is 2.95. The summed E-state index contributed by atoms with van der Waals surface area (Å²) in [7, 11) is 0. The van der Waals surface area contributed by atoms with Crippen LogP contribution in [0, 0.1) is 0 Å². The van der Waals surface area contributed by atoms with E-state index in [2.05, 4.69) is 32.9 Å². The van der Waals surface area contributed by atoms with Gasteiger partial charge in [0.05, 0.1) is 0 Å². The van der Waals surface area contributed by atoms with E-state index in [1.807, 2.05) is 12.1 Å². The first-order chi connectivity index (χ1) is 10.4. The molecule has 0 aliphatic rings. The van der Waals surface area contributed by atoms with Gasteiger partial charge in [0.25, 0.3) is 0 Å². The van der Waals surface area contributed by atoms with Crippen LogP contribution in [0.4, 0.5) is 0 Å². The number of carboxylic acid groups (broad SMARTS) is 1. The molecule has 0 saturated heterocycles. The van der Waals surface area contributed by atoms with E-state index < -0.39 is 5.97 Å². The number of rotatable bonds is 7. The second-order valence-corrected chi connectivity index (χ2v) is 6.02. The van der Waals surface area contributed by atoms with Gasteiger partial charge in [-0.1, -0.05) is 39.3 Å². The standard InChI is InChI=1S/C18H22O4/c1-4-11-18(2,3)13-5-7-14(8-6-13)21-12-15-9-10-16(22-15)17(19)20/h5-10H,4,11-12H2,1-3H3,(H,19,20). The molecular formula is C18H22O4. The zero-order valence-corrected chi connectivity index (χ0v) is 13.3. The Balaban J connectivity index is 1.97. The van der Waals surface area contributed by atoms with Gasteiger partial charge in [-0.25, -0.2) is 4.79 Å². The molecule has 0 atom stereocenters. The van der Waals surface area contributed by atoms with E-state index in [0.717, 1.165) is 18.6 Å². The van der Waals surface area contributed by atoms with Crippen LogP contribution >= 0.6 is 0 Å². The highest BCUT2D eigenvalue weighted by Gasteiger charge is 2.19. The lowest BCUT2D eigenvalue weighted by atomic mass is 9.81. The van der Waals surface area contributed by atoms with Crippen molar-refractivity contribution < 1.29 is 19.1 Å². The van der Waals surface area contributed by atoms with E-state index >= 15 is 0 Å². The topological polar surface area (TPSA) is 59.7 Å². The van der Waals surface area contributed by atoms with Crippen LogP contribution in [0.25, 0.3) is 0 Å². The van der Waals surface area contributed by atoms with E-state index in [0.29, 0.717) is 5.76 Å². The van der Waals surface area contributed by atoms with Gasteiger partial charge in [-0.3, -0.25) is 0 Å². The highest BCUT2D eigenvalue weighted by atomic mass is 16.5. The van der Waals surface area contributed by atoms with Crippen LogP contribution < -0.4 is 4.74 Å². The van der Waals surface area contributed by atoms with Crippen molar-refractivity contribution >= 4 is 5.97 Å². The molecule has 0 radical (unpaired) electrons. The van der Waals surface area contributed by atoms with E-state index in [1.165, 1.54) is 11.6 Å². The quantitative estimate of drug-likeness (QED) is 0.809. The highest BCUT2D eigenvalue weighted by Crippen LogP contribution is 2.29. The second-order valence-electron chi connectivity index (χ2n) is 6.02. The predicted molar refractivity (Wildman–Crippen MR) is 84.4 cm³/mol. The Morgan fingerprint density at radius 2 is 1.86 bits per heavy atom. The van der Waals surface area contributed by atoms with Crippen molar-refractivity contribution in [3.05, 3.63) is 53.5 Å². The smallest absolute Gasteiger partial charge is 0.371 e. The number of aromatic carboxylic acids is 1. The van der Waals surface area contributed by atoms with Crippen molar-refractivity contribution in [2.24, 2.45) is 0 Å². The summed E-state index contributed by atoms with van der Waals surface area (Å²) in [6, 6.07) is 11.1. The molecule has 0 unspecified atom stereocenters. The number of carboxylic acids is 1. The molecule has 118 valence electrons. The van der Waals surface area contributed by atoms with Crippen LogP contribution in [0.3, 0.4) is 0 Å². The van der Waals surface area contributed by atoms with Crippen molar-refractivity contribution in [1.82, 2.24) is 0 Å². The van der Waals surface area contributed by atoms with Crippen molar-refractivity contribution in [2.45, 2.75) is 45.6 Å². The molecule has 4 nitrogen and oxygen atoms in total. The molecule has 1 aromatic carbocycles. The van der Waals surface area contributed by atoms with Crippen LogP contribution in [-0.4, -0.2) is 11.1 Å². The predicted octanol–water partition coefficient (Wildman–Crippen LogP) is 4.63. The molecule has 0 aliphatic heterocycles. The molecule has 4 heteroatoms. The van der Waals surface area contributed by atoms with Gasteiger partial charge < -0.3 is 14.3 Å². The van der Waals surface area contributed by atoms with E-state index in [4.69, 9.17) is 14.3 Å². The van der Waals surface area contributed by atoms with Gasteiger partial charge >= 0.3 is 5.97 Å². The molecule has 2 rings (SSSR count). The maximum Gasteiger partial charge on any atom is 0.371 e. The first-order valence-electron chi connectivity index (χ1n) is 7.48. The lowest BCUT2D eigenvalue weighted by Gasteiger charge is -2.24. The van der Waals surface area contributed by atoms with E-state index in [-0.39, 0.29) is 17.8 Å². The largest absolute Gasteiger partial charge is 0.486 e. The Labute approximate surface area is 130 Å². The van der Waals surface area contributed by atoms with Crippen molar-refractivity contribution in [2.75, 3.05) is 0 Å². The molecule has 22 heavy (non-hydrogen) atoms. The molecule has 2 aromatic rings. The molecule has 0 saturated carbocycles. The summed E-state index contributed by atoms with van der Waals surface area (Å²) in [5, 5.41) is 8.80. The monoisotopic (exact) mass is 302 g/mol. The fraction of sp³-hybridized carbons (Fsp3) is 0.389. The molecule has 1 heterocycles.